The number of nitrogens with one attached hydrogen (secondary N) is 1. The monoisotopic (exact) mass is 369 g/mol. The summed E-state index contributed by atoms with van der Waals surface area (Å²) >= 11 is 13.3. The van der Waals surface area contributed by atoms with Crippen LogP contribution in [0.3, 0.4) is 0 Å². The highest BCUT2D eigenvalue weighted by Crippen LogP contribution is 2.34. The predicted octanol–water partition coefficient (Wildman–Crippen LogP) is 4.50. The van der Waals surface area contributed by atoms with Crippen LogP contribution in [0.2, 0.25) is 10.0 Å². The highest BCUT2D eigenvalue weighted by atomic mass is 35.5. The van der Waals surface area contributed by atoms with Gasteiger partial charge in [-0.05, 0) is 36.4 Å². The molecule has 1 aliphatic rings. The summed E-state index contributed by atoms with van der Waals surface area (Å²) in [6, 6.07) is 10.6. The molecule has 0 saturated carbocycles. The average Bonchev–Trinajstić information content (AvgIpc) is 2.55. The van der Waals surface area contributed by atoms with E-state index < -0.39 is 0 Å². The molecule has 23 heavy (non-hydrogen) atoms. The maximum Gasteiger partial charge on any atom is 0.234 e. The van der Waals surface area contributed by atoms with Gasteiger partial charge in [0.05, 0.1) is 16.5 Å². The van der Waals surface area contributed by atoms with Crippen molar-refractivity contribution in [2.45, 2.75) is 4.90 Å². The van der Waals surface area contributed by atoms with Gasteiger partial charge in [-0.15, -0.1) is 11.8 Å². The van der Waals surface area contributed by atoms with Gasteiger partial charge in [0.1, 0.15) is 13.2 Å². The second-order valence-electron chi connectivity index (χ2n) is 4.77. The third kappa shape index (κ3) is 4.25. The molecule has 7 heteroatoms. The molecule has 0 aromatic heterocycles. The lowest BCUT2D eigenvalue weighted by molar-refractivity contribution is -0.113. The van der Waals surface area contributed by atoms with Crippen molar-refractivity contribution in [2.24, 2.45) is 0 Å². The van der Waals surface area contributed by atoms with Crippen LogP contribution in [0.25, 0.3) is 0 Å². The van der Waals surface area contributed by atoms with Gasteiger partial charge in [-0.3, -0.25) is 4.79 Å². The molecule has 0 atom stereocenters. The Labute approximate surface area is 148 Å². The molecule has 0 radical (unpaired) electrons. The first-order valence-corrected chi connectivity index (χ1v) is 8.63. The van der Waals surface area contributed by atoms with Crippen LogP contribution in [-0.2, 0) is 4.79 Å². The zero-order valence-corrected chi connectivity index (χ0v) is 14.3. The van der Waals surface area contributed by atoms with E-state index in [9.17, 15) is 4.79 Å². The van der Waals surface area contributed by atoms with Crippen molar-refractivity contribution >= 4 is 46.6 Å². The lowest BCUT2D eigenvalue weighted by Gasteiger charge is -2.18. The van der Waals surface area contributed by atoms with Crippen LogP contribution in [0.15, 0.2) is 41.3 Å². The van der Waals surface area contributed by atoms with Gasteiger partial charge in [-0.25, -0.2) is 0 Å². The summed E-state index contributed by atoms with van der Waals surface area (Å²) in [6.45, 7) is 1.10. The fourth-order valence-electron chi connectivity index (χ4n) is 2.04. The van der Waals surface area contributed by atoms with E-state index in [4.69, 9.17) is 32.7 Å². The molecule has 1 aliphatic heterocycles. The molecule has 2 aromatic carbocycles. The van der Waals surface area contributed by atoms with Crippen LogP contribution in [0.5, 0.6) is 11.5 Å². The molecule has 0 saturated heterocycles. The van der Waals surface area contributed by atoms with E-state index in [1.807, 2.05) is 18.2 Å². The van der Waals surface area contributed by atoms with E-state index in [0.29, 0.717) is 34.7 Å². The number of fused-ring (bicyclic) bond motifs is 1. The summed E-state index contributed by atoms with van der Waals surface area (Å²) in [5.74, 6) is 1.56. The molecule has 1 N–H and O–H groups in total. The minimum absolute atomic E-state index is 0.144. The number of anilines is 1. The number of halogens is 2. The largest absolute Gasteiger partial charge is 0.486 e. The number of rotatable bonds is 4. The van der Waals surface area contributed by atoms with Crippen LogP contribution in [0.1, 0.15) is 0 Å². The van der Waals surface area contributed by atoms with Crippen molar-refractivity contribution in [3.05, 3.63) is 46.4 Å². The molecule has 4 nitrogen and oxygen atoms in total. The van der Waals surface area contributed by atoms with Crippen molar-refractivity contribution in [1.82, 2.24) is 0 Å². The number of amides is 1. The topological polar surface area (TPSA) is 47.6 Å². The molecule has 0 fully saturated rings. The molecule has 0 unspecified atom stereocenters. The zero-order chi connectivity index (χ0) is 16.2. The normalized spacial score (nSPS) is 12.8. The molecule has 1 heterocycles. The smallest absolute Gasteiger partial charge is 0.234 e. The van der Waals surface area contributed by atoms with Gasteiger partial charge in [0.2, 0.25) is 5.91 Å². The van der Waals surface area contributed by atoms with Crippen LogP contribution in [-0.4, -0.2) is 24.9 Å². The summed E-state index contributed by atoms with van der Waals surface area (Å²) in [7, 11) is 0. The third-order valence-electron chi connectivity index (χ3n) is 3.09. The molecular weight excluding hydrogens is 357 g/mol. The van der Waals surface area contributed by atoms with Crippen molar-refractivity contribution in [3.8, 4) is 11.5 Å². The van der Waals surface area contributed by atoms with Crippen LogP contribution in [0, 0.1) is 0 Å². The third-order valence-corrected chi connectivity index (χ3v) is 4.63. The van der Waals surface area contributed by atoms with Crippen LogP contribution in [0.4, 0.5) is 5.69 Å². The Kier molecular flexibility index (Phi) is 5.20. The van der Waals surface area contributed by atoms with Gasteiger partial charge in [0.25, 0.3) is 0 Å². The molecular formula is C16H13Cl2NO3S. The number of carbonyl (C=O) groups is 1. The number of ether oxygens (including phenoxy) is 2. The SMILES string of the molecule is O=C(CSc1ccc2c(c1)OCCO2)Nc1ccc(Cl)cc1Cl. The van der Waals surface area contributed by atoms with Gasteiger partial charge in [0.15, 0.2) is 11.5 Å². The van der Waals surface area contributed by atoms with E-state index in [2.05, 4.69) is 5.32 Å². The quantitative estimate of drug-likeness (QED) is 0.806. The average molecular weight is 370 g/mol. The van der Waals surface area contributed by atoms with Gasteiger partial charge in [0, 0.05) is 9.92 Å². The number of hydrogen-bond donors (Lipinski definition) is 1. The number of thioether (sulfide) groups is 1. The van der Waals surface area contributed by atoms with Gasteiger partial charge in [-0.2, -0.15) is 0 Å². The van der Waals surface area contributed by atoms with E-state index in [-0.39, 0.29) is 11.7 Å². The van der Waals surface area contributed by atoms with Crippen LogP contribution >= 0.6 is 35.0 Å². The molecule has 2 aromatic rings. The number of benzene rings is 2. The summed E-state index contributed by atoms with van der Waals surface area (Å²) < 4.78 is 11.0. The molecule has 0 bridgehead atoms. The zero-order valence-electron chi connectivity index (χ0n) is 12.0. The van der Waals surface area contributed by atoms with Crippen molar-refractivity contribution in [3.63, 3.8) is 0 Å². The fourth-order valence-corrected chi connectivity index (χ4v) is 3.22. The van der Waals surface area contributed by atoms with E-state index in [1.165, 1.54) is 11.8 Å². The Morgan fingerprint density at radius 3 is 2.65 bits per heavy atom. The lowest BCUT2D eigenvalue weighted by atomic mass is 10.3. The Morgan fingerprint density at radius 2 is 1.87 bits per heavy atom. The Balaban J connectivity index is 1.58. The summed E-state index contributed by atoms with van der Waals surface area (Å²) in [5.41, 5.74) is 0.545. The second-order valence-corrected chi connectivity index (χ2v) is 6.66. The molecule has 1 amide bonds. The molecule has 3 rings (SSSR count). The Hall–Kier alpha value is -1.56. The van der Waals surface area contributed by atoms with Crippen molar-refractivity contribution in [2.75, 3.05) is 24.3 Å². The van der Waals surface area contributed by atoms with Gasteiger partial charge >= 0.3 is 0 Å². The highest BCUT2D eigenvalue weighted by molar-refractivity contribution is 8.00. The number of carbonyl (C=O) groups excluding carboxylic acids is 1. The first-order valence-electron chi connectivity index (χ1n) is 6.89. The second kappa shape index (κ2) is 7.34. The highest BCUT2D eigenvalue weighted by Gasteiger charge is 2.13. The van der Waals surface area contributed by atoms with E-state index in [0.717, 1.165) is 10.6 Å². The first kappa shape index (κ1) is 16.3. The van der Waals surface area contributed by atoms with Gasteiger partial charge < -0.3 is 14.8 Å². The standard InChI is InChI=1S/C16H13Cl2NO3S/c17-10-1-3-13(12(18)7-10)19-16(20)9-23-11-2-4-14-15(8-11)22-6-5-21-14/h1-4,7-8H,5-6,9H2,(H,19,20). The minimum atomic E-state index is -0.144. The van der Waals surface area contributed by atoms with Gasteiger partial charge in [-0.1, -0.05) is 23.2 Å². The van der Waals surface area contributed by atoms with Crippen molar-refractivity contribution < 1.29 is 14.3 Å². The minimum Gasteiger partial charge on any atom is -0.486 e. The van der Waals surface area contributed by atoms with E-state index in [1.54, 1.807) is 18.2 Å². The maximum atomic E-state index is 12.0. The van der Waals surface area contributed by atoms with Crippen molar-refractivity contribution in [1.29, 1.82) is 0 Å². The number of hydrogen-bond acceptors (Lipinski definition) is 4. The first-order chi connectivity index (χ1) is 11.1. The predicted molar refractivity (Wildman–Crippen MR) is 93.2 cm³/mol. The summed E-state index contributed by atoms with van der Waals surface area (Å²) in [6.07, 6.45) is 0. The fraction of sp³-hybridized carbons (Fsp3) is 0.188. The maximum absolute atomic E-state index is 12.0. The molecule has 0 spiro atoms. The Morgan fingerprint density at radius 1 is 1.09 bits per heavy atom. The van der Waals surface area contributed by atoms with Crippen LogP contribution < -0.4 is 14.8 Å². The summed E-state index contributed by atoms with van der Waals surface area (Å²) in [5, 5.41) is 3.70. The van der Waals surface area contributed by atoms with E-state index >= 15 is 0 Å². The Bertz CT molecular complexity index is 739. The summed E-state index contributed by atoms with van der Waals surface area (Å²) in [4.78, 5) is 13.0. The lowest BCUT2D eigenvalue weighted by Crippen LogP contribution is -2.15. The molecule has 120 valence electrons. The molecule has 0 aliphatic carbocycles.